The van der Waals surface area contributed by atoms with Gasteiger partial charge in [0.05, 0.1) is 6.04 Å². The summed E-state index contributed by atoms with van der Waals surface area (Å²) >= 11 is 0. The second kappa shape index (κ2) is 6.51. The summed E-state index contributed by atoms with van der Waals surface area (Å²) in [5.74, 6) is 2.54. The summed E-state index contributed by atoms with van der Waals surface area (Å²) in [5.41, 5.74) is 5.36. The maximum atomic E-state index is 11.6. The Morgan fingerprint density at radius 1 is 1.50 bits per heavy atom. The maximum Gasteiger partial charge on any atom is 0.222 e. The molecule has 1 amide bonds. The van der Waals surface area contributed by atoms with Crippen molar-refractivity contribution in [3.8, 4) is 12.3 Å². The van der Waals surface area contributed by atoms with Crippen molar-refractivity contribution in [2.24, 2.45) is 5.73 Å². The van der Waals surface area contributed by atoms with Gasteiger partial charge < -0.3 is 11.1 Å². The Morgan fingerprint density at radius 3 is 2.44 bits per heavy atom. The lowest BCUT2D eigenvalue weighted by atomic mass is 10.1. The van der Waals surface area contributed by atoms with Gasteiger partial charge >= 0.3 is 0 Å². The molecular formula is C12H23N3O. The summed E-state index contributed by atoms with van der Waals surface area (Å²) < 4.78 is 0. The Hall–Kier alpha value is -1.05. The van der Waals surface area contributed by atoms with Gasteiger partial charge in [0.1, 0.15) is 0 Å². The summed E-state index contributed by atoms with van der Waals surface area (Å²) in [6.07, 6.45) is 5.60. The predicted molar refractivity (Wildman–Crippen MR) is 66.8 cm³/mol. The van der Waals surface area contributed by atoms with E-state index in [2.05, 4.69) is 16.6 Å². The van der Waals surface area contributed by atoms with E-state index in [-0.39, 0.29) is 23.5 Å². The molecule has 0 spiro atoms. The molecule has 4 nitrogen and oxygen atoms in total. The number of terminal acetylenes is 1. The number of hydrogen-bond acceptors (Lipinski definition) is 3. The molecule has 16 heavy (non-hydrogen) atoms. The van der Waals surface area contributed by atoms with Crippen LogP contribution in [0.2, 0.25) is 0 Å². The minimum Gasteiger partial charge on any atom is -0.351 e. The van der Waals surface area contributed by atoms with Crippen molar-refractivity contribution in [1.82, 2.24) is 10.6 Å². The first-order valence-electron chi connectivity index (χ1n) is 5.51. The average molecular weight is 225 g/mol. The molecule has 0 fully saturated rings. The second-order valence-electron chi connectivity index (χ2n) is 4.99. The van der Waals surface area contributed by atoms with Crippen molar-refractivity contribution in [1.29, 1.82) is 0 Å². The SMILES string of the molecule is C#CC(C)NC(CN)CC(=O)NC(C)(C)C. The topological polar surface area (TPSA) is 67.1 Å². The number of carbonyl (C=O) groups is 1. The standard InChI is InChI=1S/C12H23N3O/c1-6-9(2)14-10(8-13)7-11(16)15-12(3,4)5/h1,9-10,14H,7-8,13H2,2-5H3,(H,15,16). The number of amides is 1. The molecule has 0 aromatic rings. The van der Waals surface area contributed by atoms with Gasteiger partial charge in [-0.1, -0.05) is 5.92 Å². The van der Waals surface area contributed by atoms with Crippen LogP contribution in [0.4, 0.5) is 0 Å². The summed E-state index contributed by atoms with van der Waals surface area (Å²) in [6, 6.07) is -0.149. The largest absolute Gasteiger partial charge is 0.351 e. The van der Waals surface area contributed by atoms with E-state index in [0.717, 1.165) is 0 Å². The van der Waals surface area contributed by atoms with E-state index in [1.807, 2.05) is 27.7 Å². The molecule has 4 heteroatoms. The van der Waals surface area contributed by atoms with E-state index in [1.54, 1.807) is 0 Å². The average Bonchev–Trinajstić information content (AvgIpc) is 2.13. The zero-order valence-corrected chi connectivity index (χ0v) is 10.6. The monoisotopic (exact) mass is 225 g/mol. The van der Waals surface area contributed by atoms with Gasteiger partial charge in [-0.25, -0.2) is 0 Å². The number of nitrogens with two attached hydrogens (primary N) is 1. The first-order valence-corrected chi connectivity index (χ1v) is 5.51. The number of hydrogen-bond donors (Lipinski definition) is 3. The molecule has 0 aromatic carbocycles. The lowest BCUT2D eigenvalue weighted by Gasteiger charge is -2.23. The summed E-state index contributed by atoms with van der Waals surface area (Å²) in [6.45, 7) is 8.09. The van der Waals surface area contributed by atoms with Crippen LogP contribution in [0.25, 0.3) is 0 Å². The minimum atomic E-state index is -0.214. The van der Waals surface area contributed by atoms with E-state index in [4.69, 9.17) is 12.2 Å². The van der Waals surface area contributed by atoms with Crippen molar-refractivity contribution in [3.63, 3.8) is 0 Å². The third-order valence-corrected chi connectivity index (χ3v) is 1.97. The van der Waals surface area contributed by atoms with E-state index >= 15 is 0 Å². The molecule has 0 heterocycles. The van der Waals surface area contributed by atoms with Gasteiger partial charge in [-0.05, 0) is 27.7 Å². The molecule has 92 valence electrons. The smallest absolute Gasteiger partial charge is 0.222 e. The van der Waals surface area contributed by atoms with Crippen molar-refractivity contribution in [2.45, 2.75) is 51.7 Å². The zero-order valence-electron chi connectivity index (χ0n) is 10.6. The van der Waals surface area contributed by atoms with Crippen LogP contribution in [-0.2, 0) is 4.79 Å². The third-order valence-electron chi connectivity index (χ3n) is 1.97. The highest BCUT2D eigenvalue weighted by Gasteiger charge is 2.18. The van der Waals surface area contributed by atoms with Crippen LogP contribution in [0.15, 0.2) is 0 Å². The molecule has 0 aliphatic rings. The fourth-order valence-corrected chi connectivity index (χ4v) is 1.31. The molecule has 0 radical (unpaired) electrons. The van der Waals surface area contributed by atoms with Crippen LogP contribution in [0, 0.1) is 12.3 Å². The molecule has 0 saturated carbocycles. The van der Waals surface area contributed by atoms with Crippen LogP contribution in [-0.4, -0.2) is 30.1 Å². The summed E-state index contributed by atoms with van der Waals surface area (Å²) in [5, 5.41) is 6.00. The minimum absolute atomic E-state index is 0.0142. The van der Waals surface area contributed by atoms with Crippen LogP contribution in [0.5, 0.6) is 0 Å². The van der Waals surface area contributed by atoms with Gasteiger partial charge in [0.2, 0.25) is 5.91 Å². The molecule has 0 aliphatic heterocycles. The fourth-order valence-electron chi connectivity index (χ4n) is 1.31. The van der Waals surface area contributed by atoms with Gasteiger partial charge in [-0.15, -0.1) is 6.42 Å². The number of rotatable bonds is 5. The molecule has 0 bridgehead atoms. The molecule has 0 rings (SSSR count). The Morgan fingerprint density at radius 2 is 2.06 bits per heavy atom. The normalized spacial score (nSPS) is 15.0. The zero-order chi connectivity index (χ0) is 12.8. The van der Waals surface area contributed by atoms with Crippen LogP contribution < -0.4 is 16.4 Å². The molecule has 2 unspecified atom stereocenters. The summed E-state index contributed by atoms with van der Waals surface area (Å²) in [4.78, 5) is 11.6. The Bertz CT molecular complexity index is 262. The highest BCUT2D eigenvalue weighted by atomic mass is 16.1. The van der Waals surface area contributed by atoms with Gasteiger partial charge in [0.25, 0.3) is 0 Å². The Balaban J connectivity index is 4.13. The van der Waals surface area contributed by atoms with Gasteiger partial charge in [-0.2, -0.15) is 0 Å². The summed E-state index contributed by atoms with van der Waals surface area (Å²) in [7, 11) is 0. The Kier molecular flexibility index (Phi) is 6.09. The Labute approximate surface area is 98.4 Å². The first-order chi connectivity index (χ1) is 7.28. The van der Waals surface area contributed by atoms with Crippen molar-refractivity contribution in [2.75, 3.05) is 6.54 Å². The van der Waals surface area contributed by atoms with Crippen LogP contribution in [0.1, 0.15) is 34.1 Å². The molecule has 2 atom stereocenters. The highest BCUT2D eigenvalue weighted by Crippen LogP contribution is 2.01. The number of carbonyl (C=O) groups excluding carboxylic acids is 1. The molecule has 0 saturated heterocycles. The second-order valence-corrected chi connectivity index (χ2v) is 4.99. The molecule has 0 aliphatic carbocycles. The van der Waals surface area contributed by atoms with Gasteiger partial charge in [0, 0.05) is 24.5 Å². The van der Waals surface area contributed by atoms with Crippen LogP contribution in [0.3, 0.4) is 0 Å². The molecule has 0 aromatic heterocycles. The highest BCUT2D eigenvalue weighted by molar-refractivity contribution is 5.77. The predicted octanol–water partition coefficient (Wildman–Crippen LogP) is 0.230. The van der Waals surface area contributed by atoms with E-state index in [0.29, 0.717) is 13.0 Å². The van der Waals surface area contributed by atoms with Gasteiger partial charge in [-0.3, -0.25) is 10.1 Å². The lowest BCUT2D eigenvalue weighted by molar-refractivity contribution is -0.122. The fraction of sp³-hybridized carbons (Fsp3) is 0.750. The first kappa shape index (κ1) is 14.9. The third kappa shape index (κ3) is 7.27. The van der Waals surface area contributed by atoms with Crippen molar-refractivity contribution in [3.05, 3.63) is 0 Å². The maximum absolute atomic E-state index is 11.6. The van der Waals surface area contributed by atoms with Gasteiger partial charge in [0.15, 0.2) is 0 Å². The molecular weight excluding hydrogens is 202 g/mol. The van der Waals surface area contributed by atoms with E-state index in [9.17, 15) is 4.79 Å². The quantitative estimate of drug-likeness (QED) is 0.587. The molecule has 4 N–H and O–H groups in total. The van der Waals surface area contributed by atoms with Crippen molar-refractivity contribution >= 4 is 5.91 Å². The number of nitrogens with one attached hydrogen (secondary N) is 2. The van der Waals surface area contributed by atoms with E-state index < -0.39 is 0 Å². The van der Waals surface area contributed by atoms with Crippen LogP contribution >= 0.6 is 0 Å². The lowest BCUT2D eigenvalue weighted by Crippen LogP contribution is -2.47. The van der Waals surface area contributed by atoms with E-state index in [1.165, 1.54) is 0 Å². The van der Waals surface area contributed by atoms with Crippen molar-refractivity contribution < 1.29 is 4.79 Å².